The van der Waals surface area contributed by atoms with Gasteiger partial charge in [0.05, 0.1) is 34.9 Å². The van der Waals surface area contributed by atoms with E-state index in [9.17, 15) is 9.59 Å². The summed E-state index contributed by atoms with van der Waals surface area (Å²) < 4.78 is 0. The second kappa shape index (κ2) is 7.18. The van der Waals surface area contributed by atoms with E-state index in [0.717, 1.165) is 0 Å². The molecular weight excluding hydrogens is 256 g/mol. The van der Waals surface area contributed by atoms with Gasteiger partial charge in [-0.15, -0.1) is 0 Å². The van der Waals surface area contributed by atoms with Gasteiger partial charge in [-0.3, -0.25) is 14.6 Å². The second-order valence-corrected chi connectivity index (χ2v) is 4.62. The van der Waals surface area contributed by atoms with E-state index in [1.807, 2.05) is 28.2 Å². The van der Waals surface area contributed by atoms with Crippen LogP contribution in [-0.4, -0.2) is 60.5 Å². The average Bonchev–Trinajstić information content (AvgIpc) is 2.41. The fourth-order valence-electron chi connectivity index (χ4n) is 1.51. The van der Waals surface area contributed by atoms with Gasteiger partial charge in [0, 0.05) is 40.6 Å². The van der Waals surface area contributed by atoms with Crippen molar-refractivity contribution < 1.29 is 9.59 Å². The van der Waals surface area contributed by atoms with Crippen molar-refractivity contribution in [3.63, 3.8) is 0 Å². The highest BCUT2D eigenvalue weighted by atomic mass is 16.1. The van der Waals surface area contributed by atoms with E-state index >= 15 is 0 Å². The third-order valence-electron chi connectivity index (χ3n) is 2.27. The Labute approximate surface area is 118 Å². The van der Waals surface area contributed by atoms with Crippen LogP contribution in [0.15, 0.2) is 24.8 Å². The van der Waals surface area contributed by atoms with E-state index in [-0.39, 0.29) is 0 Å². The molecule has 20 heavy (non-hydrogen) atoms. The molecule has 1 heterocycles. The number of rotatable bonds is 6. The van der Waals surface area contributed by atoms with Crippen LogP contribution in [0.5, 0.6) is 0 Å². The first kappa shape index (κ1) is 15.6. The van der Waals surface area contributed by atoms with Gasteiger partial charge in [-0.05, 0) is 0 Å². The number of aldehydes is 2. The normalized spacial score (nSPS) is 12.0. The van der Waals surface area contributed by atoms with Crippen molar-refractivity contribution in [3.05, 3.63) is 36.2 Å². The molecule has 6 nitrogen and oxygen atoms in total. The van der Waals surface area contributed by atoms with Crippen molar-refractivity contribution in [2.75, 3.05) is 28.2 Å². The zero-order chi connectivity index (χ0) is 15.1. The molecule has 0 aliphatic rings. The van der Waals surface area contributed by atoms with E-state index in [1.54, 1.807) is 22.2 Å². The van der Waals surface area contributed by atoms with E-state index in [2.05, 4.69) is 9.97 Å². The molecular formula is C14H18N4O2. The molecule has 6 heteroatoms. The first-order chi connectivity index (χ1) is 9.47. The van der Waals surface area contributed by atoms with Crippen molar-refractivity contribution in [3.8, 4) is 0 Å². The summed E-state index contributed by atoms with van der Waals surface area (Å²) in [4.78, 5) is 34.1. The summed E-state index contributed by atoms with van der Waals surface area (Å²) in [6, 6.07) is 0. The highest BCUT2D eigenvalue weighted by Gasteiger charge is 2.08. The van der Waals surface area contributed by atoms with Gasteiger partial charge in [-0.25, -0.2) is 4.98 Å². The Balaban J connectivity index is 3.25. The van der Waals surface area contributed by atoms with Crippen LogP contribution in [-0.2, 0) is 9.59 Å². The van der Waals surface area contributed by atoms with Crippen molar-refractivity contribution >= 4 is 23.7 Å². The molecule has 0 N–H and O–H groups in total. The largest absolute Gasteiger partial charge is 0.383 e. The lowest BCUT2D eigenvalue weighted by Gasteiger charge is -2.09. The Kier molecular flexibility index (Phi) is 5.58. The molecule has 0 bridgehead atoms. The van der Waals surface area contributed by atoms with E-state index in [1.165, 1.54) is 12.4 Å². The van der Waals surface area contributed by atoms with Gasteiger partial charge in [0.25, 0.3) is 0 Å². The predicted octanol–water partition coefficient (Wildman–Crippen LogP) is 0.679. The third kappa shape index (κ3) is 4.31. The number of aromatic nitrogens is 2. The number of nitrogens with zero attached hydrogens (tertiary/aromatic N) is 4. The zero-order valence-electron chi connectivity index (χ0n) is 12.1. The van der Waals surface area contributed by atoms with Crippen molar-refractivity contribution in [2.45, 2.75) is 0 Å². The minimum Gasteiger partial charge on any atom is -0.383 e. The Hall–Kier alpha value is -2.50. The van der Waals surface area contributed by atoms with Crippen LogP contribution in [0.3, 0.4) is 0 Å². The van der Waals surface area contributed by atoms with Gasteiger partial charge >= 0.3 is 0 Å². The van der Waals surface area contributed by atoms with Gasteiger partial charge in [-0.1, -0.05) is 0 Å². The summed E-state index contributed by atoms with van der Waals surface area (Å²) in [6.07, 6.45) is 7.71. The molecule has 0 aliphatic carbocycles. The Morgan fingerprint density at radius 3 is 1.60 bits per heavy atom. The van der Waals surface area contributed by atoms with Crippen LogP contribution in [0.1, 0.15) is 11.4 Å². The number of carbonyl (C=O) groups excluding carboxylic acids is 2. The van der Waals surface area contributed by atoms with Crippen molar-refractivity contribution in [1.82, 2.24) is 19.8 Å². The maximum Gasteiger partial charge on any atom is 0.153 e. The second-order valence-electron chi connectivity index (χ2n) is 4.62. The standard InChI is InChI=1S/C14H18N4O2/c1-17(2)7-11(9-19)13-5-15-6-14(16-13)12(10-20)8-18(3)4/h5-10H,1-4H3. The summed E-state index contributed by atoms with van der Waals surface area (Å²) in [5.41, 5.74) is 1.66. The maximum absolute atomic E-state index is 11.1. The highest BCUT2D eigenvalue weighted by molar-refractivity contribution is 6.07. The zero-order valence-corrected chi connectivity index (χ0v) is 12.1. The molecule has 106 valence electrons. The number of hydrogen-bond donors (Lipinski definition) is 0. The molecule has 1 aromatic heterocycles. The van der Waals surface area contributed by atoms with Crippen LogP contribution < -0.4 is 0 Å². The molecule has 0 aliphatic heterocycles. The van der Waals surface area contributed by atoms with Gasteiger partial charge in [0.2, 0.25) is 0 Å². The minimum atomic E-state index is 0.402. The van der Waals surface area contributed by atoms with Crippen molar-refractivity contribution in [2.24, 2.45) is 0 Å². The molecule has 0 saturated carbocycles. The highest BCUT2D eigenvalue weighted by Crippen LogP contribution is 2.13. The first-order valence-corrected chi connectivity index (χ1v) is 5.97. The number of carbonyl (C=O) groups is 2. The SMILES string of the molecule is CN(C)C=C(C=O)c1cncc(C(C=O)=CN(C)C)n1. The number of allylic oxidation sites excluding steroid dienone is 2. The first-order valence-electron chi connectivity index (χ1n) is 5.97. The Bertz CT molecular complexity index is 503. The molecule has 0 radical (unpaired) electrons. The molecule has 0 saturated heterocycles. The summed E-state index contributed by atoms with van der Waals surface area (Å²) in [5.74, 6) is 0. The molecule has 0 spiro atoms. The van der Waals surface area contributed by atoms with Crippen LogP contribution in [0.4, 0.5) is 0 Å². The molecule has 0 atom stereocenters. The molecule has 0 fully saturated rings. The monoisotopic (exact) mass is 274 g/mol. The van der Waals surface area contributed by atoms with Crippen LogP contribution in [0, 0.1) is 0 Å². The summed E-state index contributed by atoms with van der Waals surface area (Å²) in [5, 5.41) is 0. The van der Waals surface area contributed by atoms with Crippen LogP contribution >= 0.6 is 0 Å². The molecule has 1 aromatic rings. The smallest absolute Gasteiger partial charge is 0.153 e. The van der Waals surface area contributed by atoms with Gasteiger partial charge in [-0.2, -0.15) is 0 Å². The van der Waals surface area contributed by atoms with E-state index in [0.29, 0.717) is 35.1 Å². The fourth-order valence-corrected chi connectivity index (χ4v) is 1.51. The third-order valence-corrected chi connectivity index (χ3v) is 2.27. The van der Waals surface area contributed by atoms with Crippen LogP contribution in [0.2, 0.25) is 0 Å². The quantitative estimate of drug-likeness (QED) is 0.561. The lowest BCUT2D eigenvalue weighted by molar-refractivity contribution is -0.104. The average molecular weight is 274 g/mol. The molecule has 0 unspecified atom stereocenters. The Morgan fingerprint density at radius 2 is 1.30 bits per heavy atom. The molecule has 1 rings (SSSR count). The summed E-state index contributed by atoms with van der Waals surface area (Å²) in [7, 11) is 7.24. The van der Waals surface area contributed by atoms with Gasteiger partial charge in [0.15, 0.2) is 12.6 Å². The fraction of sp³-hybridized carbons (Fsp3) is 0.286. The lowest BCUT2D eigenvalue weighted by Crippen LogP contribution is -2.07. The number of hydrogen-bond acceptors (Lipinski definition) is 6. The van der Waals surface area contributed by atoms with Gasteiger partial charge < -0.3 is 9.80 Å². The Morgan fingerprint density at radius 1 is 0.900 bits per heavy atom. The lowest BCUT2D eigenvalue weighted by atomic mass is 10.2. The maximum atomic E-state index is 11.1. The van der Waals surface area contributed by atoms with Crippen molar-refractivity contribution in [1.29, 1.82) is 0 Å². The van der Waals surface area contributed by atoms with Gasteiger partial charge in [0.1, 0.15) is 0 Å². The minimum absolute atomic E-state index is 0.402. The summed E-state index contributed by atoms with van der Waals surface area (Å²) in [6.45, 7) is 0. The van der Waals surface area contributed by atoms with E-state index in [4.69, 9.17) is 0 Å². The molecule has 0 amide bonds. The summed E-state index contributed by atoms with van der Waals surface area (Å²) >= 11 is 0. The van der Waals surface area contributed by atoms with E-state index < -0.39 is 0 Å². The molecule has 0 aromatic carbocycles. The predicted molar refractivity (Wildman–Crippen MR) is 77.5 cm³/mol. The van der Waals surface area contributed by atoms with Crippen LogP contribution in [0.25, 0.3) is 11.1 Å². The topological polar surface area (TPSA) is 66.4 Å².